The molecule has 58 valence electrons. The average Bonchev–Trinajstić information content (AvgIpc) is 1.82. The maximum atomic E-state index is 10.1. The molecule has 0 saturated carbocycles. The van der Waals surface area contributed by atoms with Crippen LogP contribution in [0, 0.1) is 0 Å². The molecule has 3 nitrogen and oxygen atoms in total. The van der Waals surface area contributed by atoms with Gasteiger partial charge in [-0.3, -0.25) is 4.79 Å². The molecule has 0 rings (SSSR count). The van der Waals surface area contributed by atoms with Gasteiger partial charge in [0.1, 0.15) is 6.04 Å². The Hall–Kier alpha value is -0.540. The minimum absolute atomic E-state index is 0.282. The maximum absolute atomic E-state index is 10.1. The standard InChI is InChI=1S/C6H10ClNO2/c1-4(7)2-3-5(8)6(9)10/h2,5H,3,8H2,1H3,(H,9,10). The van der Waals surface area contributed by atoms with Crippen molar-refractivity contribution < 1.29 is 9.90 Å². The summed E-state index contributed by atoms with van der Waals surface area (Å²) >= 11 is 5.44. The van der Waals surface area contributed by atoms with E-state index in [9.17, 15) is 4.79 Å². The minimum Gasteiger partial charge on any atom is -0.480 e. The van der Waals surface area contributed by atoms with Crippen LogP contribution in [0.1, 0.15) is 13.3 Å². The molecule has 4 heteroatoms. The number of nitrogens with two attached hydrogens (primary N) is 1. The summed E-state index contributed by atoms with van der Waals surface area (Å²) in [5.74, 6) is -1.01. The highest BCUT2D eigenvalue weighted by Gasteiger charge is 2.08. The zero-order chi connectivity index (χ0) is 8.15. The van der Waals surface area contributed by atoms with Crippen LogP contribution in [0.5, 0.6) is 0 Å². The lowest BCUT2D eigenvalue weighted by atomic mass is 10.2. The van der Waals surface area contributed by atoms with Gasteiger partial charge in [-0.25, -0.2) is 0 Å². The average molecular weight is 164 g/mol. The largest absolute Gasteiger partial charge is 0.480 e. The first kappa shape index (κ1) is 9.46. The zero-order valence-corrected chi connectivity index (χ0v) is 6.43. The van der Waals surface area contributed by atoms with Crippen LogP contribution in [0.25, 0.3) is 0 Å². The van der Waals surface area contributed by atoms with Crippen LogP contribution in [-0.2, 0) is 4.79 Å². The first-order chi connectivity index (χ1) is 4.54. The fraction of sp³-hybridized carbons (Fsp3) is 0.500. The summed E-state index contributed by atoms with van der Waals surface area (Å²) in [5.41, 5.74) is 5.16. The Morgan fingerprint density at radius 1 is 1.90 bits per heavy atom. The molecule has 0 aliphatic heterocycles. The fourth-order valence-corrected chi connectivity index (χ4v) is 0.479. The van der Waals surface area contributed by atoms with E-state index < -0.39 is 12.0 Å². The number of carboxylic acids is 1. The van der Waals surface area contributed by atoms with Crippen LogP contribution in [-0.4, -0.2) is 17.1 Å². The van der Waals surface area contributed by atoms with E-state index in [-0.39, 0.29) is 6.42 Å². The van der Waals surface area contributed by atoms with Gasteiger partial charge in [0.25, 0.3) is 0 Å². The van der Waals surface area contributed by atoms with Gasteiger partial charge >= 0.3 is 5.97 Å². The number of allylic oxidation sites excluding steroid dienone is 1. The Labute approximate surface area is 64.5 Å². The molecule has 0 aliphatic carbocycles. The van der Waals surface area contributed by atoms with Crippen LogP contribution in [0.15, 0.2) is 11.1 Å². The first-order valence-corrected chi connectivity index (χ1v) is 3.22. The summed E-state index contributed by atoms with van der Waals surface area (Å²) in [6.45, 7) is 1.68. The summed E-state index contributed by atoms with van der Waals surface area (Å²) in [7, 11) is 0. The second-order valence-electron chi connectivity index (χ2n) is 1.97. The second kappa shape index (κ2) is 4.30. The molecule has 0 aromatic heterocycles. The van der Waals surface area contributed by atoms with Gasteiger partial charge in [0.2, 0.25) is 0 Å². The lowest BCUT2D eigenvalue weighted by Gasteiger charge is -2.00. The van der Waals surface area contributed by atoms with Crippen molar-refractivity contribution in [2.75, 3.05) is 0 Å². The molecule has 0 aliphatic rings. The molecule has 0 heterocycles. The van der Waals surface area contributed by atoms with Crippen molar-refractivity contribution in [2.24, 2.45) is 5.73 Å². The summed E-state index contributed by atoms with van der Waals surface area (Å²) in [5, 5.41) is 8.86. The molecule has 0 aromatic rings. The smallest absolute Gasteiger partial charge is 0.320 e. The Bertz CT molecular complexity index is 152. The van der Waals surface area contributed by atoms with E-state index >= 15 is 0 Å². The van der Waals surface area contributed by atoms with Crippen molar-refractivity contribution in [3.05, 3.63) is 11.1 Å². The highest BCUT2D eigenvalue weighted by atomic mass is 35.5. The minimum atomic E-state index is -1.01. The monoisotopic (exact) mass is 163 g/mol. The number of rotatable bonds is 3. The predicted molar refractivity (Wildman–Crippen MR) is 39.8 cm³/mol. The van der Waals surface area contributed by atoms with E-state index in [1.165, 1.54) is 0 Å². The highest BCUT2D eigenvalue weighted by molar-refractivity contribution is 6.29. The Kier molecular flexibility index (Phi) is 4.07. The number of hydrogen-bond acceptors (Lipinski definition) is 2. The van der Waals surface area contributed by atoms with Crippen LogP contribution < -0.4 is 5.73 Å². The molecule has 0 spiro atoms. The van der Waals surface area contributed by atoms with Crippen molar-refractivity contribution in [3.63, 3.8) is 0 Å². The SMILES string of the molecule is CC(Cl)=CCC(N)C(=O)O. The quantitative estimate of drug-likeness (QED) is 0.651. The van der Waals surface area contributed by atoms with Gasteiger partial charge in [0, 0.05) is 5.03 Å². The second-order valence-corrected chi connectivity index (χ2v) is 2.57. The summed E-state index contributed by atoms with van der Waals surface area (Å²) in [4.78, 5) is 10.1. The number of carboxylic acid groups (broad SMARTS) is 1. The van der Waals surface area contributed by atoms with E-state index in [1.807, 2.05) is 0 Å². The van der Waals surface area contributed by atoms with Crippen molar-refractivity contribution in [1.29, 1.82) is 0 Å². The fourth-order valence-electron chi connectivity index (χ4n) is 0.390. The molecular weight excluding hydrogens is 154 g/mol. The van der Waals surface area contributed by atoms with Crippen LogP contribution in [0.4, 0.5) is 0 Å². The molecule has 1 atom stereocenters. The van der Waals surface area contributed by atoms with E-state index in [0.717, 1.165) is 0 Å². The summed E-state index contributed by atoms with van der Waals surface area (Å²) in [6, 6.07) is -0.839. The normalized spacial score (nSPS) is 14.9. The third-order valence-corrected chi connectivity index (χ3v) is 1.12. The molecule has 0 fully saturated rings. The molecule has 10 heavy (non-hydrogen) atoms. The number of aliphatic carboxylic acids is 1. The molecule has 0 bridgehead atoms. The van der Waals surface area contributed by atoms with Crippen LogP contribution >= 0.6 is 11.6 Å². The Balaban J connectivity index is 3.70. The zero-order valence-electron chi connectivity index (χ0n) is 5.67. The topological polar surface area (TPSA) is 63.3 Å². The van der Waals surface area contributed by atoms with Crippen LogP contribution in [0.2, 0.25) is 0 Å². The van der Waals surface area contributed by atoms with Crippen molar-refractivity contribution in [2.45, 2.75) is 19.4 Å². The molecule has 0 radical (unpaired) electrons. The molecule has 0 aromatic carbocycles. The highest BCUT2D eigenvalue weighted by Crippen LogP contribution is 2.01. The van der Waals surface area contributed by atoms with Gasteiger partial charge in [-0.2, -0.15) is 0 Å². The van der Waals surface area contributed by atoms with Crippen molar-refractivity contribution in [1.82, 2.24) is 0 Å². The van der Waals surface area contributed by atoms with Gasteiger partial charge < -0.3 is 10.8 Å². The molecule has 0 saturated heterocycles. The first-order valence-electron chi connectivity index (χ1n) is 2.84. The van der Waals surface area contributed by atoms with E-state index in [4.69, 9.17) is 22.4 Å². The number of halogens is 1. The lowest BCUT2D eigenvalue weighted by molar-refractivity contribution is -0.138. The van der Waals surface area contributed by atoms with Gasteiger partial charge in [-0.05, 0) is 13.3 Å². The van der Waals surface area contributed by atoms with Gasteiger partial charge in [0.05, 0.1) is 0 Å². The molecule has 3 N–H and O–H groups in total. The van der Waals surface area contributed by atoms with Crippen molar-refractivity contribution >= 4 is 17.6 Å². The number of hydrogen-bond donors (Lipinski definition) is 2. The maximum Gasteiger partial charge on any atom is 0.320 e. The predicted octanol–water partition coefficient (Wildman–Crippen LogP) is 0.931. The Morgan fingerprint density at radius 2 is 2.40 bits per heavy atom. The van der Waals surface area contributed by atoms with Gasteiger partial charge in [-0.15, -0.1) is 0 Å². The summed E-state index contributed by atoms with van der Waals surface area (Å²) in [6.07, 6.45) is 1.87. The molecule has 1 unspecified atom stereocenters. The summed E-state index contributed by atoms with van der Waals surface area (Å²) < 4.78 is 0. The van der Waals surface area contributed by atoms with E-state index in [2.05, 4.69) is 0 Å². The van der Waals surface area contributed by atoms with Crippen molar-refractivity contribution in [3.8, 4) is 0 Å². The lowest BCUT2D eigenvalue weighted by Crippen LogP contribution is -2.29. The molecular formula is C6H10ClNO2. The third-order valence-electron chi connectivity index (χ3n) is 0.970. The third kappa shape index (κ3) is 4.35. The van der Waals surface area contributed by atoms with E-state index in [0.29, 0.717) is 5.03 Å². The molecule has 0 amide bonds. The van der Waals surface area contributed by atoms with Crippen LogP contribution in [0.3, 0.4) is 0 Å². The van der Waals surface area contributed by atoms with Gasteiger partial charge in [0.15, 0.2) is 0 Å². The van der Waals surface area contributed by atoms with E-state index in [1.54, 1.807) is 13.0 Å². The number of carbonyl (C=O) groups is 1. The van der Waals surface area contributed by atoms with Gasteiger partial charge in [-0.1, -0.05) is 17.7 Å². The Morgan fingerprint density at radius 3 is 2.70 bits per heavy atom.